The molecule has 1 aromatic carbocycles. The summed E-state index contributed by atoms with van der Waals surface area (Å²) in [7, 11) is 0. The first kappa shape index (κ1) is 26.2. The van der Waals surface area contributed by atoms with E-state index in [1.54, 1.807) is 6.08 Å². The van der Waals surface area contributed by atoms with Crippen molar-refractivity contribution >= 4 is 0 Å². The van der Waals surface area contributed by atoms with Gasteiger partial charge in [-0.05, 0) is 6.92 Å². The second-order valence-electron chi connectivity index (χ2n) is 7.00. The first-order valence-corrected chi connectivity index (χ1v) is 11.6. The molecule has 3 heterocycles. The van der Waals surface area contributed by atoms with Gasteiger partial charge in [-0.3, -0.25) is 0 Å². The fourth-order valence-corrected chi connectivity index (χ4v) is 3.84. The van der Waals surface area contributed by atoms with Gasteiger partial charge < -0.3 is 23.7 Å². The van der Waals surface area contributed by atoms with E-state index in [9.17, 15) is 0 Å². The molecule has 0 N–H and O–H groups in total. The Bertz CT molecular complexity index is 757. The Kier molecular flexibility index (Phi) is 11.1. The van der Waals surface area contributed by atoms with Gasteiger partial charge in [0.15, 0.2) is 18.9 Å². The second kappa shape index (κ2) is 13.5. The first-order chi connectivity index (χ1) is 15.7. The third-order valence-corrected chi connectivity index (χ3v) is 5.27. The van der Waals surface area contributed by atoms with Crippen LogP contribution in [0.2, 0.25) is 0 Å². The van der Waals surface area contributed by atoms with Crippen LogP contribution in [0.5, 0.6) is 0 Å². The number of fused-ring (bicyclic) bond motifs is 1. The average molecular weight is 443 g/mol. The van der Waals surface area contributed by atoms with Gasteiger partial charge in [0.25, 0.3) is 0 Å². The minimum atomic E-state index is -0.495. The fraction of sp³-hybridized carbons (Fsp3) is 0.481. The van der Waals surface area contributed by atoms with Crippen LogP contribution in [-0.4, -0.2) is 37.5 Å². The van der Waals surface area contributed by atoms with Crippen molar-refractivity contribution in [3.05, 3.63) is 85.0 Å². The lowest BCUT2D eigenvalue weighted by atomic mass is 9.95. The molecular weight excluding hydrogens is 404 g/mol. The largest absolute Gasteiger partial charge is 0.346 e. The molecule has 3 aliphatic heterocycles. The van der Waals surface area contributed by atoms with E-state index in [-0.39, 0.29) is 30.5 Å². The molecule has 0 aromatic heterocycles. The van der Waals surface area contributed by atoms with Gasteiger partial charge >= 0.3 is 0 Å². The number of hydrogen-bond acceptors (Lipinski definition) is 5. The highest BCUT2D eigenvalue weighted by Gasteiger charge is 2.55. The lowest BCUT2D eigenvalue weighted by molar-refractivity contribution is -0.172. The second-order valence-corrected chi connectivity index (χ2v) is 7.00. The summed E-state index contributed by atoms with van der Waals surface area (Å²) in [6, 6.07) is 9.90. The lowest BCUT2D eigenvalue weighted by Crippen LogP contribution is -2.36. The van der Waals surface area contributed by atoms with Crippen molar-refractivity contribution in [1.29, 1.82) is 0 Å². The van der Waals surface area contributed by atoms with Crippen LogP contribution in [0, 0.1) is 5.92 Å². The first-order valence-electron chi connectivity index (χ1n) is 11.6. The predicted octanol–water partition coefficient (Wildman–Crippen LogP) is 6.11. The third-order valence-electron chi connectivity index (χ3n) is 5.27. The van der Waals surface area contributed by atoms with Gasteiger partial charge in [0.2, 0.25) is 0 Å². The van der Waals surface area contributed by atoms with Gasteiger partial charge in [0, 0.05) is 17.1 Å². The molecule has 0 spiro atoms. The van der Waals surface area contributed by atoms with Crippen LogP contribution < -0.4 is 0 Å². The molecule has 3 aliphatic rings. The minimum absolute atomic E-state index is 0.0501. The van der Waals surface area contributed by atoms with Crippen LogP contribution in [0.1, 0.15) is 46.5 Å². The number of ether oxygens (including phenoxy) is 5. The Labute approximate surface area is 193 Å². The molecule has 0 bridgehead atoms. The maximum absolute atomic E-state index is 6.18. The molecule has 5 nitrogen and oxygen atoms in total. The Morgan fingerprint density at radius 2 is 1.66 bits per heavy atom. The van der Waals surface area contributed by atoms with Crippen molar-refractivity contribution in [3.8, 4) is 0 Å². The Hall–Kier alpha value is -2.02. The predicted molar refractivity (Wildman–Crippen MR) is 128 cm³/mol. The van der Waals surface area contributed by atoms with E-state index in [4.69, 9.17) is 23.7 Å². The van der Waals surface area contributed by atoms with Gasteiger partial charge in [-0.25, -0.2) is 0 Å². The summed E-state index contributed by atoms with van der Waals surface area (Å²) in [5.41, 5.74) is 1.86. The standard InChI is InChI=1S/C23H26O5.2C2H6/c1-4-7-11-15(5-2)22-27-20-17(6-3)19(26-23(20)28-22)18-14-24-21(25-18)16-12-9-8-10-13-16;2*1-2/h4-13,17-23H,2-3,14H2,1H3;2*1-2H3/b7-4-,15-11+;;. The van der Waals surface area contributed by atoms with E-state index in [2.05, 4.69) is 13.2 Å². The molecule has 7 atom stereocenters. The highest BCUT2D eigenvalue weighted by Crippen LogP contribution is 2.43. The summed E-state index contributed by atoms with van der Waals surface area (Å²) < 4.78 is 30.3. The molecule has 0 radical (unpaired) electrons. The summed E-state index contributed by atoms with van der Waals surface area (Å²) in [4.78, 5) is 0. The number of allylic oxidation sites excluding steroid dienone is 3. The van der Waals surface area contributed by atoms with Crippen molar-refractivity contribution in [3.63, 3.8) is 0 Å². The van der Waals surface area contributed by atoms with Crippen LogP contribution in [-0.2, 0) is 23.7 Å². The van der Waals surface area contributed by atoms with Crippen molar-refractivity contribution in [2.24, 2.45) is 5.92 Å². The van der Waals surface area contributed by atoms with Crippen molar-refractivity contribution in [1.82, 2.24) is 0 Å². The summed E-state index contributed by atoms with van der Waals surface area (Å²) in [5, 5.41) is 0. The highest BCUT2D eigenvalue weighted by molar-refractivity contribution is 5.25. The number of rotatable bonds is 6. The molecule has 32 heavy (non-hydrogen) atoms. The number of hydrogen-bond donors (Lipinski definition) is 0. The maximum Gasteiger partial charge on any atom is 0.188 e. The smallest absolute Gasteiger partial charge is 0.188 e. The Morgan fingerprint density at radius 1 is 0.938 bits per heavy atom. The van der Waals surface area contributed by atoms with Crippen LogP contribution in [0.4, 0.5) is 0 Å². The van der Waals surface area contributed by atoms with Crippen LogP contribution >= 0.6 is 0 Å². The van der Waals surface area contributed by atoms with E-state index >= 15 is 0 Å². The molecule has 1 aromatic rings. The van der Waals surface area contributed by atoms with Gasteiger partial charge in [-0.2, -0.15) is 0 Å². The lowest BCUT2D eigenvalue weighted by Gasteiger charge is -2.24. The minimum Gasteiger partial charge on any atom is -0.346 e. The zero-order valence-electron chi connectivity index (χ0n) is 20.0. The normalized spacial score (nSPS) is 33.7. The van der Waals surface area contributed by atoms with Crippen LogP contribution in [0.25, 0.3) is 0 Å². The maximum atomic E-state index is 6.18. The molecule has 0 aliphatic carbocycles. The Balaban J connectivity index is 0.000000860. The SMILES string of the molecule is C=C/C(=C\C=C/C)C1OC2OC(C3COC(c4ccccc4)O3)C(C=C)C2O1.CC.CC. The molecule has 0 amide bonds. The fourth-order valence-electron chi connectivity index (χ4n) is 3.84. The topological polar surface area (TPSA) is 46.2 Å². The zero-order chi connectivity index (χ0) is 23.5. The van der Waals surface area contributed by atoms with Crippen LogP contribution in [0.15, 0.2) is 79.4 Å². The molecule has 4 rings (SSSR count). The van der Waals surface area contributed by atoms with Gasteiger partial charge in [-0.15, -0.1) is 6.58 Å². The molecule has 176 valence electrons. The van der Waals surface area contributed by atoms with Gasteiger partial charge in [-0.1, -0.05) is 95.0 Å². The molecule has 3 fully saturated rings. The van der Waals surface area contributed by atoms with E-state index in [1.165, 1.54) is 0 Å². The van der Waals surface area contributed by atoms with E-state index < -0.39 is 12.6 Å². The molecule has 7 unspecified atom stereocenters. The van der Waals surface area contributed by atoms with E-state index in [1.807, 2.05) is 89.3 Å². The van der Waals surface area contributed by atoms with Crippen LogP contribution in [0.3, 0.4) is 0 Å². The van der Waals surface area contributed by atoms with E-state index in [0.717, 1.165) is 11.1 Å². The zero-order valence-corrected chi connectivity index (χ0v) is 20.0. The summed E-state index contributed by atoms with van der Waals surface area (Å²) in [6.45, 7) is 18.2. The average Bonchev–Trinajstić information content (AvgIpc) is 3.57. The molecule has 5 heteroatoms. The Morgan fingerprint density at radius 3 is 2.28 bits per heavy atom. The molecular formula is C27H38O5. The van der Waals surface area contributed by atoms with Crippen molar-refractivity contribution in [2.45, 2.75) is 71.8 Å². The van der Waals surface area contributed by atoms with E-state index in [0.29, 0.717) is 6.61 Å². The summed E-state index contributed by atoms with van der Waals surface area (Å²) in [6.07, 6.45) is 7.39. The number of benzene rings is 1. The van der Waals surface area contributed by atoms with Crippen molar-refractivity contribution in [2.75, 3.05) is 6.61 Å². The van der Waals surface area contributed by atoms with Gasteiger partial charge in [0.1, 0.15) is 12.2 Å². The monoisotopic (exact) mass is 442 g/mol. The molecule has 3 saturated heterocycles. The van der Waals surface area contributed by atoms with Gasteiger partial charge in [0.05, 0.1) is 12.7 Å². The highest BCUT2D eigenvalue weighted by atomic mass is 16.8. The van der Waals surface area contributed by atoms with Crippen molar-refractivity contribution < 1.29 is 23.7 Å². The third kappa shape index (κ3) is 5.85. The summed E-state index contributed by atoms with van der Waals surface area (Å²) >= 11 is 0. The molecule has 0 saturated carbocycles. The quantitative estimate of drug-likeness (QED) is 0.393. The summed E-state index contributed by atoms with van der Waals surface area (Å²) in [5.74, 6) is -0.0501.